The van der Waals surface area contributed by atoms with Crippen LogP contribution in [0.2, 0.25) is 5.02 Å². The molecule has 0 aliphatic heterocycles. The second kappa shape index (κ2) is 5.84. The van der Waals surface area contributed by atoms with Gasteiger partial charge in [0, 0.05) is 22.5 Å². The van der Waals surface area contributed by atoms with Crippen molar-refractivity contribution in [3.8, 4) is 5.75 Å². The topological polar surface area (TPSA) is 64.3 Å². The number of hydrogen-bond donors (Lipinski definition) is 2. The number of nitrogens with two attached hydrogens (primary N) is 1. The molecule has 0 saturated carbocycles. The molecule has 0 aliphatic rings. The van der Waals surface area contributed by atoms with Crippen LogP contribution in [0.25, 0.3) is 0 Å². The Morgan fingerprint density at radius 1 is 1.25 bits per heavy atom. The highest BCUT2D eigenvalue weighted by Crippen LogP contribution is 2.23. The van der Waals surface area contributed by atoms with Crippen molar-refractivity contribution in [3.63, 3.8) is 0 Å². The Balaban J connectivity index is 2.21. The molecule has 0 bridgehead atoms. The van der Waals surface area contributed by atoms with Gasteiger partial charge in [0.25, 0.3) is 5.91 Å². The average molecular weight is 291 g/mol. The van der Waals surface area contributed by atoms with E-state index in [4.69, 9.17) is 22.1 Å². The van der Waals surface area contributed by atoms with Gasteiger partial charge in [-0.05, 0) is 36.8 Å². The van der Waals surface area contributed by atoms with Crippen molar-refractivity contribution in [2.24, 2.45) is 0 Å². The van der Waals surface area contributed by atoms with Gasteiger partial charge in [0.05, 0.1) is 12.7 Å². The van der Waals surface area contributed by atoms with Gasteiger partial charge in [0.15, 0.2) is 0 Å². The molecule has 0 unspecified atom stereocenters. The van der Waals surface area contributed by atoms with Crippen LogP contribution in [0.15, 0.2) is 36.4 Å². The summed E-state index contributed by atoms with van der Waals surface area (Å²) in [5, 5.41) is 3.36. The minimum Gasteiger partial charge on any atom is -0.497 e. The summed E-state index contributed by atoms with van der Waals surface area (Å²) in [5.41, 5.74) is 8.17. The highest BCUT2D eigenvalue weighted by molar-refractivity contribution is 6.31. The van der Waals surface area contributed by atoms with Crippen molar-refractivity contribution < 1.29 is 9.53 Å². The molecule has 0 saturated heterocycles. The van der Waals surface area contributed by atoms with E-state index >= 15 is 0 Å². The molecule has 1 amide bonds. The van der Waals surface area contributed by atoms with Crippen molar-refractivity contribution in [2.45, 2.75) is 6.92 Å². The van der Waals surface area contributed by atoms with Crippen LogP contribution in [0.4, 0.5) is 11.4 Å². The van der Waals surface area contributed by atoms with Crippen LogP contribution in [-0.2, 0) is 0 Å². The van der Waals surface area contributed by atoms with Crippen molar-refractivity contribution in [2.75, 3.05) is 18.2 Å². The van der Waals surface area contributed by atoms with E-state index in [1.54, 1.807) is 37.4 Å². The predicted molar refractivity (Wildman–Crippen MR) is 81.5 cm³/mol. The zero-order chi connectivity index (χ0) is 14.7. The summed E-state index contributed by atoms with van der Waals surface area (Å²) < 4.78 is 5.05. The number of carbonyl (C=O) groups excluding carboxylic acids is 1. The van der Waals surface area contributed by atoms with Gasteiger partial charge in [-0.2, -0.15) is 0 Å². The number of carbonyl (C=O) groups is 1. The molecule has 20 heavy (non-hydrogen) atoms. The van der Waals surface area contributed by atoms with E-state index in [1.807, 2.05) is 13.0 Å². The van der Waals surface area contributed by atoms with E-state index in [9.17, 15) is 4.79 Å². The average Bonchev–Trinajstić information content (AvgIpc) is 2.42. The van der Waals surface area contributed by atoms with Crippen molar-refractivity contribution >= 4 is 28.9 Å². The summed E-state index contributed by atoms with van der Waals surface area (Å²) in [6.45, 7) is 1.90. The molecule has 2 aromatic carbocycles. The molecule has 0 aliphatic carbocycles. The van der Waals surface area contributed by atoms with E-state index < -0.39 is 0 Å². The summed E-state index contributed by atoms with van der Waals surface area (Å²) in [7, 11) is 1.54. The van der Waals surface area contributed by atoms with Crippen molar-refractivity contribution in [1.29, 1.82) is 0 Å². The van der Waals surface area contributed by atoms with Gasteiger partial charge in [-0.1, -0.05) is 17.7 Å². The van der Waals surface area contributed by atoms with Gasteiger partial charge >= 0.3 is 0 Å². The van der Waals surface area contributed by atoms with Gasteiger partial charge in [-0.15, -0.1) is 0 Å². The number of methoxy groups -OCH3 is 1. The fraction of sp³-hybridized carbons (Fsp3) is 0.133. The third-order valence-corrected chi connectivity index (χ3v) is 3.34. The molecular weight excluding hydrogens is 276 g/mol. The van der Waals surface area contributed by atoms with Crippen LogP contribution in [0, 0.1) is 6.92 Å². The lowest BCUT2D eigenvalue weighted by molar-refractivity contribution is 0.102. The molecule has 4 nitrogen and oxygen atoms in total. The second-order valence-electron chi connectivity index (χ2n) is 4.37. The number of halogens is 1. The molecule has 0 heterocycles. The summed E-state index contributed by atoms with van der Waals surface area (Å²) in [6.07, 6.45) is 0. The Morgan fingerprint density at radius 3 is 2.60 bits per heavy atom. The lowest BCUT2D eigenvalue weighted by Gasteiger charge is -2.09. The fourth-order valence-corrected chi connectivity index (χ4v) is 1.92. The van der Waals surface area contributed by atoms with Crippen LogP contribution in [0.5, 0.6) is 5.75 Å². The Bertz CT molecular complexity index is 656. The van der Waals surface area contributed by atoms with Crippen molar-refractivity contribution in [1.82, 2.24) is 0 Å². The Morgan fingerprint density at radius 2 is 2.00 bits per heavy atom. The molecule has 0 spiro atoms. The van der Waals surface area contributed by atoms with Gasteiger partial charge < -0.3 is 15.8 Å². The first-order valence-corrected chi connectivity index (χ1v) is 6.40. The number of rotatable bonds is 3. The molecule has 2 rings (SSSR count). The van der Waals surface area contributed by atoms with Crippen molar-refractivity contribution in [3.05, 3.63) is 52.5 Å². The minimum absolute atomic E-state index is 0.287. The standard InChI is InChI=1S/C15H15ClN2O2/c1-9-3-4-10(7-13(9)16)18-15(19)12-6-5-11(20-2)8-14(12)17/h3-8H,17H2,1-2H3,(H,18,19). The molecule has 5 heteroatoms. The molecule has 0 fully saturated rings. The zero-order valence-electron chi connectivity index (χ0n) is 11.2. The molecule has 0 aromatic heterocycles. The first kappa shape index (κ1) is 14.2. The lowest BCUT2D eigenvalue weighted by Crippen LogP contribution is -2.14. The lowest BCUT2D eigenvalue weighted by atomic mass is 10.1. The number of amides is 1. The van der Waals surface area contributed by atoms with Crippen LogP contribution < -0.4 is 15.8 Å². The van der Waals surface area contributed by atoms with E-state index in [0.29, 0.717) is 27.7 Å². The first-order chi connectivity index (χ1) is 9.51. The van der Waals surface area contributed by atoms with Gasteiger partial charge in [-0.3, -0.25) is 4.79 Å². The first-order valence-electron chi connectivity index (χ1n) is 6.02. The quantitative estimate of drug-likeness (QED) is 0.851. The second-order valence-corrected chi connectivity index (χ2v) is 4.78. The normalized spacial score (nSPS) is 10.2. The van der Waals surface area contributed by atoms with E-state index in [-0.39, 0.29) is 5.91 Å². The smallest absolute Gasteiger partial charge is 0.257 e. The maximum Gasteiger partial charge on any atom is 0.257 e. The maximum atomic E-state index is 12.2. The number of ether oxygens (including phenoxy) is 1. The largest absolute Gasteiger partial charge is 0.497 e. The Hall–Kier alpha value is -2.20. The maximum absolute atomic E-state index is 12.2. The predicted octanol–water partition coefficient (Wildman–Crippen LogP) is 3.49. The molecule has 3 N–H and O–H groups in total. The number of nitrogens with one attached hydrogen (secondary N) is 1. The van der Waals surface area contributed by atoms with E-state index in [1.165, 1.54) is 0 Å². The third kappa shape index (κ3) is 3.03. The van der Waals surface area contributed by atoms with E-state index in [0.717, 1.165) is 5.56 Å². The minimum atomic E-state index is -0.287. The monoisotopic (exact) mass is 290 g/mol. The van der Waals surface area contributed by atoms with Gasteiger partial charge in [0.1, 0.15) is 5.75 Å². The number of benzene rings is 2. The van der Waals surface area contributed by atoms with Crippen LogP contribution in [0.1, 0.15) is 15.9 Å². The third-order valence-electron chi connectivity index (χ3n) is 2.93. The number of aryl methyl sites for hydroxylation is 1. The SMILES string of the molecule is COc1ccc(C(=O)Nc2ccc(C)c(Cl)c2)c(N)c1. The molecule has 0 radical (unpaired) electrons. The zero-order valence-corrected chi connectivity index (χ0v) is 12.0. The highest BCUT2D eigenvalue weighted by atomic mass is 35.5. The summed E-state index contributed by atoms with van der Waals surface area (Å²) >= 11 is 6.02. The Labute approximate surface area is 122 Å². The summed E-state index contributed by atoms with van der Waals surface area (Å²) in [6, 6.07) is 10.3. The molecule has 2 aromatic rings. The fourth-order valence-electron chi connectivity index (χ4n) is 1.74. The van der Waals surface area contributed by atoms with E-state index in [2.05, 4.69) is 5.32 Å². The molecule has 104 valence electrons. The number of anilines is 2. The van der Waals surface area contributed by atoms with Gasteiger partial charge in [-0.25, -0.2) is 0 Å². The molecule has 0 atom stereocenters. The summed E-state index contributed by atoms with van der Waals surface area (Å²) in [4.78, 5) is 12.2. The molecular formula is C15H15ClN2O2. The van der Waals surface area contributed by atoms with Crippen LogP contribution in [-0.4, -0.2) is 13.0 Å². The number of nitrogen functional groups attached to an aromatic ring is 1. The summed E-state index contributed by atoms with van der Waals surface area (Å²) in [5.74, 6) is 0.322. The Kier molecular flexibility index (Phi) is 4.15. The van der Waals surface area contributed by atoms with Crippen LogP contribution in [0.3, 0.4) is 0 Å². The van der Waals surface area contributed by atoms with Crippen LogP contribution >= 0.6 is 11.6 Å². The van der Waals surface area contributed by atoms with Gasteiger partial charge in [0.2, 0.25) is 0 Å². The highest BCUT2D eigenvalue weighted by Gasteiger charge is 2.11. The number of hydrogen-bond acceptors (Lipinski definition) is 3.